The SMILES string of the molecule is O=c1c(OCc2ccccc2)c(-c2ccc(OCc3ccccc3)c(OS(=O)(=O)[O-])c2)oc2cc(OCc3ccccc3)cc(O)c12.c1cc[nH+]cc1. The molecule has 0 radical (unpaired) electrons. The second-order valence-electron chi connectivity index (χ2n) is 11.5. The average Bonchev–Trinajstić information content (AvgIpc) is 3.17. The summed E-state index contributed by atoms with van der Waals surface area (Å²) < 4.78 is 63.7. The zero-order chi connectivity index (χ0) is 37.0. The Morgan fingerprint density at radius 1 is 0.642 bits per heavy atom. The predicted molar refractivity (Wildman–Crippen MR) is 195 cm³/mol. The van der Waals surface area contributed by atoms with Crippen molar-refractivity contribution in [3.05, 3.63) is 179 Å². The lowest BCUT2D eigenvalue weighted by molar-refractivity contribution is -0.377. The van der Waals surface area contributed by atoms with Gasteiger partial charge in [0.2, 0.25) is 11.2 Å². The van der Waals surface area contributed by atoms with Gasteiger partial charge >= 0.3 is 0 Å². The fraction of sp³-hybridized carbons (Fsp3) is 0.0732. The van der Waals surface area contributed by atoms with Gasteiger partial charge < -0.3 is 32.5 Å². The van der Waals surface area contributed by atoms with Crippen LogP contribution in [0.4, 0.5) is 0 Å². The highest BCUT2D eigenvalue weighted by atomic mass is 32.3. The molecule has 2 heterocycles. The number of aromatic nitrogens is 1. The highest BCUT2D eigenvalue weighted by Gasteiger charge is 2.23. The largest absolute Gasteiger partial charge is 0.716 e. The number of aromatic amines is 1. The molecule has 7 rings (SSSR count). The van der Waals surface area contributed by atoms with Crippen molar-refractivity contribution in [2.75, 3.05) is 0 Å². The maximum Gasteiger partial charge on any atom is 0.262 e. The fourth-order valence-corrected chi connectivity index (χ4v) is 5.50. The Labute approximate surface area is 305 Å². The van der Waals surface area contributed by atoms with Gasteiger partial charge in [0, 0.05) is 29.8 Å². The fourth-order valence-electron chi connectivity index (χ4n) is 5.15. The number of phenols is 1. The lowest BCUT2D eigenvalue weighted by atomic mass is 10.1. The first-order chi connectivity index (χ1) is 25.7. The van der Waals surface area contributed by atoms with E-state index in [1.165, 1.54) is 30.3 Å². The Morgan fingerprint density at radius 2 is 1.19 bits per heavy atom. The minimum atomic E-state index is -5.22. The highest BCUT2D eigenvalue weighted by Crippen LogP contribution is 2.40. The molecule has 2 N–H and O–H groups in total. The van der Waals surface area contributed by atoms with Crippen molar-refractivity contribution in [2.45, 2.75) is 19.8 Å². The Kier molecular flexibility index (Phi) is 11.6. The zero-order valence-corrected chi connectivity index (χ0v) is 28.9. The number of rotatable bonds is 12. The normalized spacial score (nSPS) is 10.9. The van der Waals surface area contributed by atoms with Crippen molar-refractivity contribution in [3.63, 3.8) is 0 Å². The lowest BCUT2D eigenvalue weighted by Gasteiger charge is -2.17. The van der Waals surface area contributed by atoms with Crippen molar-refractivity contribution >= 4 is 21.4 Å². The summed E-state index contributed by atoms with van der Waals surface area (Å²) in [6, 6.07) is 40.3. The number of ether oxygens (including phenoxy) is 3. The molecule has 0 amide bonds. The molecule has 0 saturated heterocycles. The molecule has 0 aliphatic carbocycles. The lowest BCUT2D eigenvalue weighted by Crippen LogP contribution is -2.11. The van der Waals surface area contributed by atoms with Gasteiger partial charge in [-0.2, -0.15) is 0 Å². The van der Waals surface area contributed by atoms with Gasteiger partial charge in [-0.15, -0.1) is 0 Å². The van der Waals surface area contributed by atoms with Crippen LogP contribution in [0.1, 0.15) is 16.7 Å². The van der Waals surface area contributed by atoms with E-state index in [0.29, 0.717) is 0 Å². The van der Waals surface area contributed by atoms with Crippen LogP contribution in [0.5, 0.6) is 28.7 Å². The molecule has 12 heteroatoms. The molecule has 0 fully saturated rings. The molecule has 0 saturated carbocycles. The molecule has 268 valence electrons. The highest BCUT2D eigenvalue weighted by molar-refractivity contribution is 7.81. The smallest absolute Gasteiger partial charge is 0.262 e. The van der Waals surface area contributed by atoms with Gasteiger partial charge in [0.25, 0.3) is 10.4 Å². The van der Waals surface area contributed by atoms with Gasteiger partial charge in [0.15, 0.2) is 29.7 Å². The van der Waals surface area contributed by atoms with Crippen LogP contribution in [0, 0.1) is 0 Å². The minimum Gasteiger partial charge on any atom is -0.716 e. The van der Waals surface area contributed by atoms with Gasteiger partial charge in [-0.05, 0) is 34.9 Å². The predicted octanol–water partition coefficient (Wildman–Crippen LogP) is 7.24. The van der Waals surface area contributed by atoms with Crippen molar-refractivity contribution in [2.24, 2.45) is 0 Å². The number of benzene rings is 5. The maximum atomic E-state index is 13.9. The summed E-state index contributed by atoms with van der Waals surface area (Å²) in [5, 5.41) is 10.8. The quantitative estimate of drug-likeness (QED) is 0.100. The number of fused-ring (bicyclic) bond motifs is 1. The molecule has 0 atom stereocenters. The van der Waals surface area contributed by atoms with Crippen molar-refractivity contribution in [3.8, 4) is 40.1 Å². The molecule has 11 nitrogen and oxygen atoms in total. The second kappa shape index (κ2) is 17.1. The van der Waals surface area contributed by atoms with E-state index in [9.17, 15) is 22.9 Å². The standard InChI is InChI=1S/C36H28O10S.C5H5N/c37-29-19-28(42-21-24-10-4-1-5-11-24)20-32-33(29)34(38)36(44-23-26-14-8-3-9-15-26)35(45-32)27-16-17-30(31(18-27)46-47(39,40)41)43-22-25-12-6-2-7-13-25;1-2-4-6-5-3-1/h1-20,37H,21-23H2,(H,39,40,41);1-5H. The number of pyridine rings is 1. The van der Waals surface area contributed by atoms with Crippen molar-refractivity contribution in [1.29, 1.82) is 0 Å². The number of nitrogens with one attached hydrogen (secondary N) is 1. The van der Waals surface area contributed by atoms with E-state index in [2.05, 4.69) is 4.98 Å². The van der Waals surface area contributed by atoms with Gasteiger partial charge in [0.1, 0.15) is 42.3 Å². The molecular formula is C41H33NO10S. The zero-order valence-electron chi connectivity index (χ0n) is 28.1. The summed E-state index contributed by atoms with van der Waals surface area (Å²) in [7, 11) is -5.22. The van der Waals surface area contributed by atoms with E-state index in [0.717, 1.165) is 16.7 Å². The van der Waals surface area contributed by atoms with Crippen LogP contribution in [0.25, 0.3) is 22.3 Å². The summed E-state index contributed by atoms with van der Waals surface area (Å²) in [6.45, 7) is 0.215. The van der Waals surface area contributed by atoms with Gasteiger partial charge in [-0.25, -0.2) is 13.4 Å². The molecule has 0 aliphatic heterocycles. The second-order valence-corrected chi connectivity index (χ2v) is 12.4. The van der Waals surface area contributed by atoms with E-state index in [-0.39, 0.29) is 65.1 Å². The van der Waals surface area contributed by atoms with Gasteiger partial charge in [-0.1, -0.05) is 97.1 Å². The molecule has 0 spiro atoms. The topological polar surface area (TPSA) is 159 Å². The van der Waals surface area contributed by atoms with Crippen LogP contribution >= 0.6 is 0 Å². The van der Waals surface area contributed by atoms with Crippen LogP contribution in [-0.4, -0.2) is 18.1 Å². The number of H-pyrrole nitrogens is 1. The molecular weight excluding hydrogens is 699 g/mol. The molecule has 0 aliphatic rings. The van der Waals surface area contributed by atoms with Crippen molar-refractivity contribution < 1.29 is 45.9 Å². The molecule has 7 aromatic rings. The first-order valence-corrected chi connectivity index (χ1v) is 17.6. The molecule has 2 aromatic heterocycles. The number of hydrogen-bond acceptors (Lipinski definition) is 10. The van der Waals surface area contributed by atoms with Crippen LogP contribution in [0.3, 0.4) is 0 Å². The van der Waals surface area contributed by atoms with E-state index in [1.807, 2.05) is 109 Å². The monoisotopic (exact) mass is 731 g/mol. The third-order valence-corrected chi connectivity index (χ3v) is 8.01. The summed E-state index contributed by atoms with van der Waals surface area (Å²) in [4.78, 5) is 16.8. The van der Waals surface area contributed by atoms with E-state index in [4.69, 9.17) is 22.8 Å². The minimum absolute atomic E-state index is 0.0246. The summed E-state index contributed by atoms with van der Waals surface area (Å²) in [5.74, 6) is -0.989. The van der Waals surface area contributed by atoms with Crippen LogP contribution in [-0.2, 0) is 30.2 Å². The first-order valence-electron chi connectivity index (χ1n) is 16.3. The average molecular weight is 732 g/mol. The Bertz CT molecular complexity index is 2400. The van der Waals surface area contributed by atoms with E-state index >= 15 is 0 Å². The molecule has 53 heavy (non-hydrogen) atoms. The van der Waals surface area contributed by atoms with Crippen molar-refractivity contribution in [1.82, 2.24) is 0 Å². The van der Waals surface area contributed by atoms with Gasteiger partial charge in [-0.3, -0.25) is 4.79 Å². The summed E-state index contributed by atoms with van der Waals surface area (Å²) in [6.07, 6.45) is 3.75. The third-order valence-electron chi connectivity index (χ3n) is 7.62. The summed E-state index contributed by atoms with van der Waals surface area (Å²) >= 11 is 0. The summed E-state index contributed by atoms with van der Waals surface area (Å²) in [5.41, 5.74) is 1.84. The maximum absolute atomic E-state index is 13.9. The Balaban J connectivity index is 0.000000729. The Hall–Kier alpha value is -6.63. The molecule has 0 bridgehead atoms. The Morgan fingerprint density at radius 3 is 1.72 bits per heavy atom. The molecule has 5 aromatic carbocycles. The van der Waals surface area contributed by atoms with E-state index in [1.54, 1.807) is 12.1 Å². The number of hydrogen-bond donors (Lipinski definition) is 1. The number of phenolic OH excluding ortho intramolecular Hbond substituents is 1. The van der Waals surface area contributed by atoms with Gasteiger partial charge in [0.05, 0.1) is 0 Å². The molecule has 0 unspecified atom stereocenters. The first kappa shape index (κ1) is 36.2. The third kappa shape index (κ3) is 10.0. The van der Waals surface area contributed by atoms with Crippen LogP contribution in [0.15, 0.2) is 161 Å². The van der Waals surface area contributed by atoms with Crippen LogP contribution < -0.4 is 28.8 Å². The van der Waals surface area contributed by atoms with Crippen LogP contribution in [0.2, 0.25) is 0 Å². The van der Waals surface area contributed by atoms with E-state index < -0.39 is 21.6 Å². The number of aromatic hydroxyl groups is 1.